The molecule has 0 fully saturated rings. The van der Waals surface area contributed by atoms with Gasteiger partial charge in [0, 0.05) is 17.1 Å². The van der Waals surface area contributed by atoms with E-state index < -0.39 is 0 Å². The summed E-state index contributed by atoms with van der Waals surface area (Å²) in [6.45, 7) is 3.94. The third-order valence-electron chi connectivity index (χ3n) is 3.22. The molecule has 20 heavy (non-hydrogen) atoms. The molecular weight excluding hydrogens is 367 g/mol. The first-order chi connectivity index (χ1) is 9.63. The van der Waals surface area contributed by atoms with Crippen molar-refractivity contribution in [1.82, 2.24) is 0 Å². The fraction of sp³-hybridized carbons (Fsp3) is 0.562. The molecule has 0 heterocycles. The molecule has 0 amide bonds. The van der Waals surface area contributed by atoms with Crippen LogP contribution in [-0.4, -0.2) is 19.2 Å². The zero-order valence-electron chi connectivity index (χ0n) is 12.4. The highest BCUT2D eigenvalue weighted by atomic mass is 127. The summed E-state index contributed by atoms with van der Waals surface area (Å²) in [4.78, 5) is 11.6. The van der Waals surface area contributed by atoms with Gasteiger partial charge in [-0.15, -0.1) is 0 Å². The minimum absolute atomic E-state index is 0.168. The second-order valence-electron chi connectivity index (χ2n) is 4.70. The van der Waals surface area contributed by atoms with Crippen molar-refractivity contribution < 1.29 is 14.3 Å². The van der Waals surface area contributed by atoms with Gasteiger partial charge >= 0.3 is 5.97 Å². The Balaban J connectivity index is 2.94. The van der Waals surface area contributed by atoms with Crippen molar-refractivity contribution in [3.63, 3.8) is 0 Å². The van der Waals surface area contributed by atoms with Crippen LogP contribution in [0.3, 0.4) is 0 Å². The second-order valence-corrected chi connectivity index (χ2v) is 5.86. The van der Waals surface area contributed by atoms with E-state index in [2.05, 4.69) is 29.5 Å². The number of esters is 1. The molecule has 1 aromatic rings. The van der Waals surface area contributed by atoms with Gasteiger partial charge in [-0.3, -0.25) is 4.79 Å². The molecule has 0 aromatic heterocycles. The van der Waals surface area contributed by atoms with E-state index in [9.17, 15) is 4.79 Å². The summed E-state index contributed by atoms with van der Waals surface area (Å²) in [5, 5.41) is 0. The van der Waals surface area contributed by atoms with Gasteiger partial charge in [0.15, 0.2) is 0 Å². The van der Waals surface area contributed by atoms with Crippen LogP contribution in [0, 0.1) is 3.57 Å². The normalized spacial score (nSPS) is 13.8. The molecule has 0 aliphatic heterocycles. The maximum atomic E-state index is 11.6. The van der Waals surface area contributed by atoms with E-state index in [0.717, 1.165) is 28.4 Å². The molecule has 0 saturated carbocycles. The van der Waals surface area contributed by atoms with Crippen LogP contribution >= 0.6 is 22.6 Å². The Hall–Kier alpha value is -0.620. The summed E-state index contributed by atoms with van der Waals surface area (Å²) in [5.41, 5.74) is 1.08. The van der Waals surface area contributed by atoms with Crippen molar-refractivity contribution in [2.45, 2.75) is 51.7 Å². The van der Waals surface area contributed by atoms with Crippen LogP contribution < -0.4 is 0 Å². The summed E-state index contributed by atoms with van der Waals surface area (Å²) in [5.74, 6) is -0.168. The Bertz CT molecular complexity index is 420. The number of carbonyl (C=O) groups is 1. The predicted octanol–water partition coefficient (Wildman–Crippen LogP) is 4.49. The molecule has 1 aromatic carbocycles. The van der Waals surface area contributed by atoms with Gasteiger partial charge in [0.2, 0.25) is 0 Å². The number of methoxy groups -OCH3 is 1. The number of ether oxygens (including phenoxy) is 2. The molecule has 0 bridgehead atoms. The summed E-state index contributed by atoms with van der Waals surface area (Å²) < 4.78 is 12.4. The maximum Gasteiger partial charge on any atom is 0.305 e. The van der Waals surface area contributed by atoms with Gasteiger partial charge in [0.05, 0.1) is 0 Å². The molecular formula is C16H23IO3. The van der Waals surface area contributed by atoms with E-state index in [-0.39, 0.29) is 18.2 Å². The highest BCUT2D eigenvalue weighted by Crippen LogP contribution is 2.30. The van der Waals surface area contributed by atoms with Gasteiger partial charge in [-0.25, -0.2) is 0 Å². The Morgan fingerprint density at radius 3 is 2.55 bits per heavy atom. The monoisotopic (exact) mass is 390 g/mol. The van der Waals surface area contributed by atoms with Crippen molar-refractivity contribution in [3.8, 4) is 0 Å². The number of hydrogen-bond donors (Lipinski definition) is 0. The van der Waals surface area contributed by atoms with Crippen LogP contribution in [0.4, 0.5) is 0 Å². The Labute approximate surface area is 135 Å². The SMILES string of the molecule is CCCC[C@H](OC(=O)CC)[C@@H](OC)c1ccccc1I. The fourth-order valence-corrected chi connectivity index (χ4v) is 2.81. The van der Waals surface area contributed by atoms with Crippen LogP contribution in [0.15, 0.2) is 24.3 Å². The van der Waals surface area contributed by atoms with Crippen LogP contribution in [-0.2, 0) is 14.3 Å². The molecule has 3 nitrogen and oxygen atoms in total. The molecule has 0 unspecified atom stereocenters. The second kappa shape index (κ2) is 9.34. The zero-order chi connectivity index (χ0) is 15.0. The van der Waals surface area contributed by atoms with Gasteiger partial charge in [-0.1, -0.05) is 38.5 Å². The number of halogens is 1. The van der Waals surface area contributed by atoms with Crippen molar-refractivity contribution in [1.29, 1.82) is 0 Å². The first-order valence-corrected chi connectivity index (χ1v) is 8.18. The van der Waals surface area contributed by atoms with Crippen molar-refractivity contribution in [2.75, 3.05) is 7.11 Å². The van der Waals surface area contributed by atoms with E-state index in [1.54, 1.807) is 7.11 Å². The van der Waals surface area contributed by atoms with Crippen LogP contribution in [0.2, 0.25) is 0 Å². The minimum atomic E-state index is -0.219. The lowest BCUT2D eigenvalue weighted by atomic mass is 10.00. The smallest absolute Gasteiger partial charge is 0.305 e. The predicted molar refractivity (Wildman–Crippen MR) is 88.6 cm³/mol. The molecule has 0 spiro atoms. The van der Waals surface area contributed by atoms with Crippen molar-refractivity contribution in [2.24, 2.45) is 0 Å². The van der Waals surface area contributed by atoms with Crippen molar-refractivity contribution >= 4 is 28.6 Å². The lowest BCUT2D eigenvalue weighted by molar-refractivity contribution is -0.157. The fourth-order valence-electron chi connectivity index (χ4n) is 2.11. The number of rotatable bonds is 8. The van der Waals surface area contributed by atoms with Gasteiger partial charge in [0.25, 0.3) is 0 Å². The van der Waals surface area contributed by atoms with E-state index in [0.29, 0.717) is 6.42 Å². The molecule has 4 heteroatoms. The van der Waals surface area contributed by atoms with E-state index in [4.69, 9.17) is 9.47 Å². The van der Waals surface area contributed by atoms with Crippen LogP contribution in [0.25, 0.3) is 0 Å². The first-order valence-electron chi connectivity index (χ1n) is 7.10. The summed E-state index contributed by atoms with van der Waals surface area (Å²) in [7, 11) is 1.67. The molecule has 0 saturated heterocycles. The number of carbonyl (C=O) groups excluding carboxylic acids is 1. The highest BCUT2D eigenvalue weighted by Gasteiger charge is 2.27. The van der Waals surface area contributed by atoms with E-state index in [1.807, 2.05) is 31.2 Å². The average Bonchev–Trinajstić information content (AvgIpc) is 2.46. The lowest BCUT2D eigenvalue weighted by Crippen LogP contribution is -2.27. The summed E-state index contributed by atoms with van der Waals surface area (Å²) >= 11 is 2.29. The molecule has 112 valence electrons. The van der Waals surface area contributed by atoms with Gasteiger partial charge in [-0.2, -0.15) is 0 Å². The zero-order valence-corrected chi connectivity index (χ0v) is 14.6. The minimum Gasteiger partial charge on any atom is -0.459 e. The number of benzene rings is 1. The Morgan fingerprint density at radius 2 is 2.00 bits per heavy atom. The third kappa shape index (κ3) is 5.05. The summed E-state index contributed by atoms with van der Waals surface area (Å²) in [6.07, 6.45) is 2.89. The standard InChI is InChI=1S/C16H23IO3/c1-4-6-11-14(20-15(18)5-2)16(19-3)12-9-7-8-10-13(12)17/h7-10,14,16H,4-6,11H2,1-3H3/t14-,16-/m0/s1. The van der Waals surface area contributed by atoms with Gasteiger partial charge < -0.3 is 9.47 Å². The van der Waals surface area contributed by atoms with Gasteiger partial charge in [0.1, 0.15) is 12.2 Å². The molecule has 0 N–H and O–H groups in total. The Morgan fingerprint density at radius 1 is 1.30 bits per heavy atom. The summed E-state index contributed by atoms with van der Waals surface area (Å²) in [6, 6.07) is 8.06. The van der Waals surface area contributed by atoms with Gasteiger partial charge in [-0.05, 0) is 47.1 Å². The van der Waals surface area contributed by atoms with Crippen molar-refractivity contribution in [3.05, 3.63) is 33.4 Å². The quantitative estimate of drug-likeness (QED) is 0.485. The molecule has 0 aliphatic rings. The molecule has 1 rings (SSSR count). The number of unbranched alkanes of at least 4 members (excludes halogenated alkanes) is 1. The first kappa shape index (κ1) is 17.4. The molecule has 2 atom stereocenters. The lowest BCUT2D eigenvalue weighted by Gasteiger charge is -2.27. The maximum absolute atomic E-state index is 11.6. The topological polar surface area (TPSA) is 35.5 Å². The molecule has 0 radical (unpaired) electrons. The number of hydrogen-bond acceptors (Lipinski definition) is 3. The third-order valence-corrected chi connectivity index (χ3v) is 4.20. The van der Waals surface area contributed by atoms with Crippen LogP contribution in [0.1, 0.15) is 51.2 Å². The largest absolute Gasteiger partial charge is 0.459 e. The highest BCUT2D eigenvalue weighted by molar-refractivity contribution is 14.1. The van der Waals surface area contributed by atoms with E-state index in [1.165, 1.54) is 0 Å². The average molecular weight is 390 g/mol. The molecule has 0 aliphatic carbocycles. The van der Waals surface area contributed by atoms with E-state index >= 15 is 0 Å². The van der Waals surface area contributed by atoms with Crippen LogP contribution in [0.5, 0.6) is 0 Å². The Kier molecular flexibility index (Phi) is 8.14.